The number of fused-ring (bicyclic) bond motifs is 1. The lowest BCUT2D eigenvalue weighted by Crippen LogP contribution is -2.33. The number of β-amino-alcohol motifs (C(OH)–C–C–N with tert-alkyl or cyclic N) is 1. The minimum Gasteiger partial charge on any atom is -0.493 e. The van der Waals surface area contributed by atoms with Gasteiger partial charge >= 0.3 is 0 Å². The average molecular weight is 414 g/mol. The number of benzene rings is 2. The second-order valence-electron chi connectivity index (χ2n) is 8.47. The van der Waals surface area contributed by atoms with E-state index in [1.807, 2.05) is 13.0 Å². The van der Waals surface area contributed by atoms with Gasteiger partial charge in [0.05, 0.1) is 18.6 Å². The van der Waals surface area contributed by atoms with Crippen LogP contribution in [0.2, 0.25) is 0 Å². The predicted molar refractivity (Wildman–Crippen MR) is 112 cm³/mol. The monoisotopic (exact) mass is 414 g/mol. The van der Waals surface area contributed by atoms with Gasteiger partial charge in [-0.3, -0.25) is 4.90 Å². The summed E-state index contributed by atoms with van der Waals surface area (Å²) < 4.78 is 31.6. The second-order valence-corrected chi connectivity index (χ2v) is 8.47. The highest BCUT2D eigenvalue weighted by Gasteiger charge is 2.57. The number of hydrogen-bond donors (Lipinski definition) is 2. The zero-order valence-electron chi connectivity index (χ0n) is 17.2. The molecular formula is C24H28F2N2O2. The normalized spacial score (nSPS) is 22.3. The molecule has 6 heteroatoms. The molecule has 4 nitrogen and oxygen atoms in total. The van der Waals surface area contributed by atoms with Crippen molar-refractivity contribution in [2.24, 2.45) is 5.92 Å². The fourth-order valence-electron chi connectivity index (χ4n) is 3.81. The molecule has 1 fully saturated rings. The van der Waals surface area contributed by atoms with E-state index in [4.69, 9.17) is 4.74 Å². The van der Waals surface area contributed by atoms with Crippen molar-refractivity contribution in [3.8, 4) is 5.75 Å². The van der Waals surface area contributed by atoms with Crippen LogP contribution < -0.4 is 10.1 Å². The fraction of sp³-hybridized carbons (Fsp3) is 0.417. The molecule has 0 saturated heterocycles. The van der Waals surface area contributed by atoms with Gasteiger partial charge in [-0.2, -0.15) is 0 Å². The molecule has 1 heterocycles. The molecule has 2 aromatic rings. The summed E-state index contributed by atoms with van der Waals surface area (Å²) in [5.74, 6) is -2.71. The van der Waals surface area contributed by atoms with Gasteiger partial charge in [-0.25, -0.2) is 8.78 Å². The highest BCUT2D eigenvalue weighted by atomic mass is 19.3. The first kappa shape index (κ1) is 20.8. The van der Waals surface area contributed by atoms with Crippen LogP contribution in [0.3, 0.4) is 0 Å². The molecule has 0 radical (unpaired) electrons. The highest BCUT2D eigenvalue weighted by Crippen LogP contribution is 2.48. The summed E-state index contributed by atoms with van der Waals surface area (Å²) in [6.45, 7) is 8.56. The predicted octanol–water partition coefficient (Wildman–Crippen LogP) is 4.39. The average Bonchev–Trinajstić information content (AvgIpc) is 3.32. The van der Waals surface area contributed by atoms with Crippen LogP contribution in [0.1, 0.15) is 41.7 Å². The highest BCUT2D eigenvalue weighted by molar-refractivity contribution is 5.39. The number of nitrogens with one attached hydrogen (secondary N) is 1. The third-order valence-corrected chi connectivity index (χ3v) is 5.73. The van der Waals surface area contributed by atoms with E-state index in [1.165, 1.54) is 11.1 Å². The zero-order valence-corrected chi connectivity index (χ0v) is 17.2. The van der Waals surface area contributed by atoms with Gasteiger partial charge in [-0.1, -0.05) is 36.9 Å². The van der Waals surface area contributed by atoms with Crippen molar-refractivity contribution in [3.05, 3.63) is 77.0 Å². The minimum absolute atomic E-state index is 0.0197. The molecule has 1 saturated carbocycles. The third-order valence-electron chi connectivity index (χ3n) is 5.73. The van der Waals surface area contributed by atoms with Gasteiger partial charge in [0, 0.05) is 38.3 Å². The number of rotatable bonds is 8. The topological polar surface area (TPSA) is 44.7 Å². The molecule has 0 spiro atoms. The zero-order chi connectivity index (χ0) is 21.3. The van der Waals surface area contributed by atoms with Gasteiger partial charge in [-0.15, -0.1) is 0 Å². The van der Waals surface area contributed by atoms with E-state index in [0.29, 0.717) is 12.3 Å². The molecule has 0 amide bonds. The molecule has 2 N–H and O–H groups in total. The Balaban J connectivity index is 1.34. The smallest absolute Gasteiger partial charge is 0.255 e. The third kappa shape index (κ3) is 4.99. The summed E-state index contributed by atoms with van der Waals surface area (Å²) >= 11 is 0. The van der Waals surface area contributed by atoms with Crippen molar-refractivity contribution >= 4 is 0 Å². The minimum atomic E-state index is -2.58. The molecule has 2 aromatic carbocycles. The van der Waals surface area contributed by atoms with Crippen molar-refractivity contribution in [1.82, 2.24) is 10.2 Å². The SMILES string of the molecule is C=C(C)NCc1ccc(CN2Cc3ccc(OCC4CC4(F)F)cc3C(O)C2)cc1. The van der Waals surface area contributed by atoms with Gasteiger partial charge in [0.15, 0.2) is 0 Å². The maximum atomic E-state index is 13.0. The molecule has 1 aliphatic heterocycles. The molecule has 30 heavy (non-hydrogen) atoms. The van der Waals surface area contributed by atoms with Gasteiger partial charge in [0.2, 0.25) is 0 Å². The molecule has 1 aliphatic carbocycles. The summed E-state index contributed by atoms with van der Waals surface area (Å²) in [5, 5.41) is 13.9. The van der Waals surface area contributed by atoms with Gasteiger partial charge in [0.1, 0.15) is 5.75 Å². The maximum Gasteiger partial charge on any atom is 0.255 e. The standard InChI is InChI=1S/C24H28F2N2O2/c1-16(2)27-11-17-3-5-18(6-4-17)12-28-13-19-7-8-21(9-22(19)23(29)14-28)30-15-20-10-24(20,25)26/h3-9,20,23,27,29H,1,10-15H2,2H3. The number of nitrogens with zero attached hydrogens (tertiary/aromatic N) is 1. The summed E-state index contributed by atoms with van der Waals surface area (Å²) in [5.41, 5.74) is 5.20. The first-order valence-electron chi connectivity index (χ1n) is 10.3. The lowest BCUT2D eigenvalue weighted by molar-refractivity contribution is 0.0834. The fourth-order valence-corrected chi connectivity index (χ4v) is 3.81. The summed E-state index contributed by atoms with van der Waals surface area (Å²) in [6, 6.07) is 14.0. The van der Waals surface area contributed by atoms with Crippen molar-refractivity contribution in [1.29, 1.82) is 0 Å². The van der Waals surface area contributed by atoms with Crippen molar-refractivity contribution in [2.75, 3.05) is 13.2 Å². The van der Waals surface area contributed by atoms with E-state index in [2.05, 4.69) is 41.1 Å². The Morgan fingerprint density at radius 1 is 1.23 bits per heavy atom. The van der Waals surface area contributed by atoms with E-state index in [0.717, 1.165) is 36.5 Å². The van der Waals surface area contributed by atoms with Gasteiger partial charge < -0.3 is 15.2 Å². The van der Waals surface area contributed by atoms with Crippen LogP contribution in [0.15, 0.2) is 54.7 Å². The molecule has 0 aromatic heterocycles. The van der Waals surface area contributed by atoms with E-state index >= 15 is 0 Å². The van der Waals surface area contributed by atoms with Gasteiger partial charge in [0.25, 0.3) is 5.92 Å². The van der Waals surface area contributed by atoms with Crippen LogP contribution in [-0.4, -0.2) is 29.1 Å². The number of aliphatic hydroxyl groups excluding tert-OH is 1. The Morgan fingerprint density at radius 2 is 1.93 bits per heavy atom. The molecule has 0 bridgehead atoms. The summed E-state index contributed by atoms with van der Waals surface area (Å²) in [7, 11) is 0. The Morgan fingerprint density at radius 3 is 2.60 bits per heavy atom. The Bertz CT molecular complexity index is 914. The van der Waals surface area contributed by atoms with Crippen LogP contribution in [0.4, 0.5) is 8.78 Å². The first-order chi connectivity index (χ1) is 14.3. The number of hydrogen-bond acceptors (Lipinski definition) is 4. The van der Waals surface area contributed by atoms with Crippen molar-refractivity contribution < 1.29 is 18.6 Å². The number of allylic oxidation sites excluding steroid dienone is 1. The first-order valence-corrected chi connectivity index (χ1v) is 10.3. The number of alkyl halides is 2. The van der Waals surface area contributed by atoms with E-state index < -0.39 is 17.9 Å². The maximum absolute atomic E-state index is 13.0. The number of halogens is 2. The molecule has 2 aliphatic rings. The lowest BCUT2D eigenvalue weighted by atomic mass is 9.96. The quantitative estimate of drug-likeness (QED) is 0.672. The summed E-state index contributed by atoms with van der Waals surface area (Å²) in [6.07, 6.45) is -0.723. The van der Waals surface area contributed by atoms with E-state index in [-0.39, 0.29) is 13.0 Å². The van der Waals surface area contributed by atoms with Gasteiger partial charge in [-0.05, 0) is 41.3 Å². The molecular weight excluding hydrogens is 386 g/mol. The van der Waals surface area contributed by atoms with Crippen LogP contribution in [0.25, 0.3) is 0 Å². The second kappa shape index (κ2) is 8.36. The van der Waals surface area contributed by atoms with Crippen LogP contribution >= 0.6 is 0 Å². The van der Waals surface area contributed by atoms with Crippen molar-refractivity contribution in [2.45, 2.75) is 45.0 Å². The molecule has 160 valence electrons. The number of aliphatic hydroxyl groups is 1. The summed E-state index contributed by atoms with van der Waals surface area (Å²) in [4.78, 5) is 2.21. The van der Waals surface area contributed by atoms with E-state index in [9.17, 15) is 13.9 Å². The Hall–Kier alpha value is -2.44. The number of ether oxygens (including phenoxy) is 1. The lowest BCUT2D eigenvalue weighted by Gasteiger charge is -2.32. The Labute approximate surface area is 176 Å². The molecule has 4 rings (SSSR count). The van der Waals surface area contributed by atoms with Crippen LogP contribution in [0, 0.1) is 5.92 Å². The van der Waals surface area contributed by atoms with Crippen LogP contribution in [0.5, 0.6) is 5.75 Å². The van der Waals surface area contributed by atoms with Crippen LogP contribution in [-0.2, 0) is 19.6 Å². The Kier molecular flexibility index (Phi) is 5.80. The van der Waals surface area contributed by atoms with Crippen molar-refractivity contribution in [3.63, 3.8) is 0 Å². The molecule has 2 atom stereocenters. The largest absolute Gasteiger partial charge is 0.493 e. The van der Waals surface area contributed by atoms with E-state index in [1.54, 1.807) is 12.1 Å². The molecule has 2 unspecified atom stereocenters.